The van der Waals surface area contributed by atoms with E-state index in [1.54, 1.807) is 18.3 Å². The number of benzene rings is 1. The van der Waals surface area contributed by atoms with Crippen LogP contribution in [0.4, 0.5) is 0 Å². The fourth-order valence-corrected chi connectivity index (χ4v) is 1.45. The summed E-state index contributed by atoms with van der Waals surface area (Å²) >= 11 is 0. The summed E-state index contributed by atoms with van der Waals surface area (Å²) < 4.78 is 0. The summed E-state index contributed by atoms with van der Waals surface area (Å²) in [5, 5.41) is 2.58. The molecule has 4 nitrogen and oxygen atoms in total. The highest BCUT2D eigenvalue weighted by Crippen LogP contribution is 1.99. The molecule has 1 amide bonds. The quantitative estimate of drug-likeness (QED) is 0.615. The topological polar surface area (TPSA) is 62.0 Å². The standard InChI is InChI=1S/C13H12N2O2/c16-12(11-7-4-8-14-11)13(17)15-9-10-5-2-1-3-6-10/h1-8,14H,9H2,(H,15,17). The number of hydrogen-bond donors (Lipinski definition) is 2. The smallest absolute Gasteiger partial charge is 0.294 e. The molecule has 0 bridgehead atoms. The van der Waals surface area contributed by atoms with Gasteiger partial charge in [0, 0.05) is 12.7 Å². The fourth-order valence-electron chi connectivity index (χ4n) is 1.45. The molecule has 1 aromatic carbocycles. The lowest BCUT2D eigenvalue weighted by Crippen LogP contribution is -2.30. The van der Waals surface area contributed by atoms with E-state index in [9.17, 15) is 9.59 Å². The maximum Gasteiger partial charge on any atom is 0.294 e. The van der Waals surface area contributed by atoms with E-state index in [2.05, 4.69) is 10.3 Å². The lowest BCUT2D eigenvalue weighted by atomic mass is 10.2. The molecule has 0 aliphatic rings. The molecule has 0 spiro atoms. The second-order valence-electron chi connectivity index (χ2n) is 3.58. The molecule has 0 unspecified atom stereocenters. The predicted octanol–water partition coefficient (Wildman–Crippen LogP) is 1.51. The number of ketones is 1. The summed E-state index contributed by atoms with van der Waals surface area (Å²) in [6.45, 7) is 0.353. The van der Waals surface area contributed by atoms with Crippen molar-refractivity contribution in [2.24, 2.45) is 0 Å². The zero-order valence-electron chi connectivity index (χ0n) is 9.14. The minimum Gasteiger partial charge on any atom is -0.358 e. The van der Waals surface area contributed by atoms with Crippen LogP contribution in [0.2, 0.25) is 0 Å². The molecule has 2 aromatic rings. The summed E-state index contributed by atoms with van der Waals surface area (Å²) in [6, 6.07) is 12.7. The van der Waals surface area contributed by atoms with Crippen molar-refractivity contribution >= 4 is 11.7 Å². The SMILES string of the molecule is O=C(NCc1ccccc1)C(=O)c1ccc[nH]1. The van der Waals surface area contributed by atoms with Gasteiger partial charge in [0.2, 0.25) is 0 Å². The van der Waals surface area contributed by atoms with Crippen LogP contribution in [-0.4, -0.2) is 16.7 Å². The molecule has 0 aliphatic heterocycles. The Morgan fingerprint density at radius 1 is 1.06 bits per heavy atom. The summed E-state index contributed by atoms with van der Waals surface area (Å²) in [6.07, 6.45) is 1.61. The van der Waals surface area contributed by atoms with E-state index in [-0.39, 0.29) is 0 Å². The van der Waals surface area contributed by atoms with E-state index in [0.717, 1.165) is 5.56 Å². The molecular weight excluding hydrogens is 216 g/mol. The first kappa shape index (κ1) is 11.1. The van der Waals surface area contributed by atoms with Crippen LogP contribution < -0.4 is 5.32 Å². The van der Waals surface area contributed by atoms with Gasteiger partial charge in [0.15, 0.2) is 0 Å². The van der Waals surface area contributed by atoms with Crippen molar-refractivity contribution in [2.75, 3.05) is 0 Å². The van der Waals surface area contributed by atoms with Crippen molar-refractivity contribution in [1.82, 2.24) is 10.3 Å². The first-order valence-electron chi connectivity index (χ1n) is 5.27. The fraction of sp³-hybridized carbons (Fsp3) is 0.0769. The molecule has 17 heavy (non-hydrogen) atoms. The van der Waals surface area contributed by atoms with Crippen molar-refractivity contribution in [2.45, 2.75) is 6.54 Å². The number of carbonyl (C=O) groups excluding carboxylic acids is 2. The number of hydrogen-bond acceptors (Lipinski definition) is 2. The number of amides is 1. The first-order valence-corrected chi connectivity index (χ1v) is 5.27. The van der Waals surface area contributed by atoms with Gasteiger partial charge in [-0.15, -0.1) is 0 Å². The number of Topliss-reactive ketones (excluding diaryl/α,β-unsaturated/α-hetero) is 1. The Balaban J connectivity index is 1.92. The average molecular weight is 228 g/mol. The molecule has 4 heteroatoms. The minimum atomic E-state index is -0.601. The van der Waals surface area contributed by atoms with E-state index in [4.69, 9.17) is 0 Å². The zero-order valence-corrected chi connectivity index (χ0v) is 9.14. The van der Waals surface area contributed by atoms with Gasteiger partial charge in [-0.25, -0.2) is 0 Å². The molecule has 0 radical (unpaired) electrons. The number of aromatic amines is 1. The van der Waals surface area contributed by atoms with Crippen LogP contribution >= 0.6 is 0 Å². The van der Waals surface area contributed by atoms with E-state index in [1.165, 1.54) is 0 Å². The third-order valence-corrected chi connectivity index (χ3v) is 2.34. The summed E-state index contributed by atoms with van der Waals surface area (Å²) in [5.74, 6) is -1.15. The van der Waals surface area contributed by atoms with Gasteiger partial charge in [0.25, 0.3) is 11.7 Å². The summed E-state index contributed by atoms with van der Waals surface area (Å²) in [5.41, 5.74) is 1.26. The van der Waals surface area contributed by atoms with Crippen molar-refractivity contribution in [3.63, 3.8) is 0 Å². The summed E-state index contributed by atoms with van der Waals surface area (Å²) in [7, 11) is 0. The van der Waals surface area contributed by atoms with Crippen molar-refractivity contribution in [3.8, 4) is 0 Å². The Labute approximate surface area is 98.7 Å². The Bertz CT molecular complexity index is 503. The van der Waals surface area contributed by atoms with Gasteiger partial charge in [0.1, 0.15) is 0 Å². The molecular formula is C13H12N2O2. The van der Waals surface area contributed by atoms with Gasteiger partial charge < -0.3 is 10.3 Å². The van der Waals surface area contributed by atoms with Crippen molar-refractivity contribution < 1.29 is 9.59 Å². The third kappa shape index (κ3) is 2.81. The summed E-state index contributed by atoms with van der Waals surface area (Å²) in [4.78, 5) is 25.8. The minimum absolute atomic E-state index is 0.301. The third-order valence-electron chi connectivity index (χ3n) is 2.34. The maximum absolute atomic E-state index is 11.6. The lowest BCUT2D eigenvalue weighted by molar-refractivity contribution is -0.117. The predicted molar refractivity (Wildman–Crippen MR) is 63.4 cm³/mol. The second-order valence-corrected chi connectivity index (χ2v) is 3.58. The average Bonchev–Trinajstić information content (AvgIpc) is 2.90. The van der Waals surface area contributed by atoms with Crippen molar-refractivity contribution in [3.05, 3.63) is 59.9 Å². The molecule has 86 valence electrons. The first-order chi connectivity index (χ1) is 8.27. The van der Waals surface area contributed by atoms with Gasteiger partial charge >= 0.3 is 0 Å². The largest absolute Gasteiger partial charge is 0.358 e. The van der Waals surface area contributed by atoms with Crippen LogP contribution in [0.3, 0.4) is 0 Å². The molecule has 0 fully saturated rings. The van der Waals surface area contributed by atoms with E-state index >= 15 is 0 Å². The van der Waals surface area contributed by atoms with Crippen LogP contribution in [-0.2, 0) is 11.3 Å². The zero-order chi connectivity index (χ0) is 12.1. The molecule has 1 heterocycles. The normalized spacial score (nSPS) is 9.88. The van der Waals surface area contributed by atoms with Gasteiger partial charge in [-0.05, 0) is 17.7 Å². The van der Waals surface area contributed by atoms with Gasteiger partial charge in [-0.1, -0.05) is 30.3 Å². The number of aromatic nitrogens is 1. The van der Waals surface area contributed by atoms with E-state index in [0.29, 0.717) is 12.2 Å². The van der Waals surface area contributed by atoms with Gasteiger partial charge in [-0.2, -0.15) is 0 Å². The Hall–Kier alpha value is -2.36. The number of carbonyl (C=O) groups is 2. The molecule has 2 rings (SSSR count). The Morgan fingerprint density at radius 3 is 2.47 bits per heavy atom. The van der Waals surface area contributed by atoms with Crippen molar-refractivity contribution in [1.29, 1.82) is 0 Å². The van der Waals surface area contributed by atoms with E-state index < -0.39 is 11.7 Å². The second kappa shape index (κ2) is 5.12. The monoisotopic (exact) mass is 228 g/mol. The van der Waals surface area contributed by atoms with Crippen LogP contribution in [0.25, 0.3) is 0 Å². The molecule has 2 N–H and O–H groups in total. The maximum atomic E-state index is 11.6. The number of nitrogens with one attached hydrogen (secondary N) is 2. The van der Waals surface area contributed by atoms with E-state index in [1.807, 2.05) is 30.3 Å². The van der Waals surface area contributed by atoms with Gasteiger partial charge in [-0.3, -0.25) is 9.59 Å². The molecule has 0 saturated heterocycles. The Kier molecular flexibility index (Phi) is 3.35. The molecule has 0 aliphatic carbocycles. The van der Waals surface area contributed by atoms with Crippen LogP contribution in [0.1, 0.15) is 16.1 Å². The van der Waals surface area contributed by atoms with Crippen LogP contribution in [0.15, 0.2) is 48.7 Å². The van der Waals surface area contributed by atoms with Crippen LogP contribution in [0, 0.1) is 0 Å². The lowest BCUT2D eigenvalue weighted by Gasteiger charge is -2.03. The number of rotatable bonds is 4. The molecule has 0 atom stereocenters. The highest BCUT2D eigenvalue weighted by atomic mass is 16.2. The van der Waals surface area contributed by atoms with Gasteiger partial charge in [0.05, 0.1) is 5.69 Å². The highest BCUT2D eigenvalue weighted by Gasteiger charge is 2.15. The molecule has 0 saturated carbocycles. The number of H-pyrrole nitrogens is 1. The van der Waals surface area contributed by atoms with Crippen LogP contribution in [0.5, 0.6) is 0 Å². The Morgan fingerprint density at radius 2 is 1.82 bits per heavy atom. The molecule has 1 aromatic heterocycles. The highest BCUT2D eigenvalue weighted by molar-refractivity contribution is 6.42.